The van der Waals surface area contributed by atoms with Crippen LogP contribution in [0.25, 0.3) is 0 Å². The van der Waals surface area contributed by atoms with Gasteiger partial charge in [0.1, 0.15) is 17.3 Å². The van der Waals surface area contributed by atoms with Crippen molar-refractivity contribution in [1.82, 2.24) is 10.2 Å². The molecule has 0 radical (unpaired) electrons. The van der Waals surface area contributed by atoms with Crippen LogP contribution in [0.15, 0.2) is 46.9 Å². The van der Waals surface area contributed by atoms with E-state index in [0.29, 0.717) is 36.7 Å². The van der Waals surface area contributed by atoms with Crippen molar-refractivity contribution in [2.75, 3.05) is 13.3 Å². The van der Waals surface area contributed by atoms with Crippen molar-refractivity contribution in [3.8, 4) is 11.5 Å². The summed E-state index contributed by atoms with van der Waals surface area (Å²) in [4.78, 5) is 15.3. The predicted octanol–water partition coefficient (Wildman–Crippen LogP) is 3.94. The second kappa shape index (κ2) is 8.07. The first-order valence-corrected chi connectivity index (χ1v) is 10.3. The van der Waals surface area contributed by atoms with Crippen molar-refractivity contribution < 1.29 is 23.1 Å². The fourth-order valence-corrected chi connectivity index (χ4v) is 4.18. The largest absolute Gasteiger partial charge is 0.465 e. The Bertz CT molecular complexity index is 1120. The van der Waals surface area contributed by atoms with Gasteiger partial charge in [0.05, 0.1) is 5.56 Å². The number of benzene rings is 2. The number of rotatable bonds is 5. The molecule has 0 saturated heterocycles. The van der Waals surface area contributed by atoms with Crippen molar-refractivity contribution >= 4 is 5.91 Å². The number of nitrogens with one attached hydrogen (secondary N) is 1. The van der Waals surface area contributed by atoms with Crippen LogP contribution in [0.2, 0.25) is 0 Å². The molecule has 0 fully saturated rings. The second-order valence-electron chi connectivity index (χ2n) is 7.89. The highest BCUT2D eigenvalue weighted by Gasteiger charge is 2.28. The Balaban J connectivity index is 1.28. The molecule has 31 heavy (non-hydrogen) atoms. The summed E-state index contributed by atoms with van der Waals surface area (Å²) in [6, 6.07) is 12.2. The number of furan rings is 1. The van der Waals surface area contributed by atoms with Gasteiger partial charge in [-0.25, -0.2) is 4.39 Å². The highest BCUT2D eigenvalue weighted by Crippen LogP contribution is 2.33. The number of carbonyl (C=O) groups excluding carboxylic acids is 1. The first-order valence-electron chi connectivity index (χ1n) is 10.3. The molecule has 1 N–H and O–H groups in total. The topological polar surface area (TPSA) is 63.9 Å². The van der Waals surface area contributed by atoms with Crippen LogP contribution in [-0.2, 0) is 26.1 Å². The molecule has 2 aliphatic rings. The van der Waals surface area contributed by atoms with E-state index in [4.69, 9.17) is 13.9 Å². The summed E-state index contributed by atoms with van der Waals surface area (Å²) in [6.45, 7) is 4.58. The minimum atomic E-state index is -0.239. The molecule has 0 spiro atoms. The molecule has 2 aliphatic heterocycles. The van der Waals surface area contributed by atoms with Crippen molar-refractivity contribution in [2.24, 2.45) is 0 Å². The van der Waals surface area contributed by atoms with Gasteiger partial charge in [0.2, 0.25) is 6.79 Å². The normalized spacial score (nSPS) is 15.0. The number of aryl methyl sites for hydroxylation is 1. The lowest BCUT2D eigenvalue weighted by Gasteiger charge is -2.26. The van der Waals surface area contributed by atoms with E-state index >= 15 is 0 Å². The maximum atomic E-state index is 13.2. The lowest BCUT2D eigenvalue weighted by molar-refractivity contribution is 0.0947. The summed E-state index contributed by atoms with van der Waals surface area (Å²) in [6.07, 6.45) is 0.743. The van der Waals surface area contributed by atoms with E-state index in [1.807, 2.05) is 25.1 Å². The number of hydrogen-bond donors (Lipinski definition) is 1. The van der Waals surface area contributed by atoms with Gasteiger partial charge in [0, 0.05) is 38.2 Å². The van der Waals surface area contributed by atoms with Crippen molar-refractivity contribution in [2.45, 2.75) is 33.0 Å². The maximum Gasteiger partial charge on any atom is 0.255 e. The van der Waals surface area contributed by atoms with Crippen LogP contribution < -0.4 is 14.8 Å². The summed E-state index contributed by atoms with van der Waals surface area (Å²) in [5, 5.41) is 3.00. The minimum Gasteiger partial charge on any atom is -0.465 e. The van der Waals surface area contributed by atoms with Crippen LogP contribution in [0.3, 0.4) is 0 Å². The van der Waals surface area contributed by atoms with E-state index in [-0.39, 0.29) is 18.5 Å². The van der Waals surface area contributed by atoms with Crippen molar-refractivity contribution in [1.29, 1.82) is 0 Å². The Morgan fingerprint density at radius 3 is 2.71 bits per heavy atom. The molecule has 3 heterocycles. The summed E-state index contributed by atoms with van der Waals surface area (Å²) >= 11 is 0. The molecule has 7 heteroatoms. The van der Waals surface area contributed by atoms with E-state index < -0.39 is 0 Å². The average Bonchev–Trinajstić information content (AvgIpc) is 3.36. The van der Waals surface area contributed by atoms with Crippen molar-refractivity contribution in [3.63, 3.8) is 0 Å². The number of carbonyl (C=O) groups is 1. The van der Waals surface area contributed by atoms with Gasteiger partial charge in [0.25, 0.3) is 5.91 Å². The van der Waals surface area contributed by atoms with Gasteiger partial charge in [-0.2, -0.15) is 0 Å². The van der Waals surface area contributed by atoms with Gasteiger partial charge >= 0.3 is 0 Å². The zero-order valence-electron chi connectivity index (χ0n) is 17.2. The second-order valence-corrected chi connectivity index (χ2v) is 7.89. The molecule has 0 bridgehead atoms. The highest BCUT2D eigenvalue weighted by molar-refractivity contribution is 5.97. The Morgan fingerprint density at radius 2 is 1.87 bits per heavy atom. The molecule has 2 aromatic carbocycles. The van der Waals surface area contributed by atoms with Crippen LogP contribution in [0, 0.1) is 12.7 Å². The van der Waals surface area contributed by atoms with Crippen molar-refractivity contribution in [3.05, 3.63) is 82.1 Å². The molecule has 0 unspecified atom stereocenters. The third-order valence-corrected chi connectivity index (χ3v) is 5.74. The monoisotopic (exact) mass is 422 g/mol. The maximum absolute atomic E-state index is 13.2. The zero-order valence-corrected chi connectivity index (χ0v) is 17.2. The van der Waals surface area contributed by atoms with Crippen LogP contribution >= 0.6 is 0 Å². The fraction of sp³-hybridized carbons (Fsp3) is 0.292. The summed E-state index contributed by atoms with van der Waals surface area (Å²) in [5.41, 5.74) is 3.53. The SMILES string of the molecule is Cc1oc2c(c1C(=O)NCc1ccc3c(c1)OCO3)CN(Cc1ccc(F)cc1)CC2. The van der Waals surface area contributed by atoms with Gasteiger partial charge in [-0.15, -0.1) is 0 Å². The lowest BCUT2D eigenvalue weighted by atomic mass is 10.0. The van der Waals surface area contributed by atoms with Gasteiger partial charge in [-0.3, -0.25) is 9.69 Å². The van der Waals surface area contributed by atoms with Crippen LogP contribution in [0.5, 0.6) is 11.5 Å². The Morgan fingerprint density at radius 1 is 1.10 bits per heavy atom. The first-order chi connectivity index (χ1) is 15.1. The molecule has 160 valence electrons. The molecular formula is C24H23FN2O4. The molecule has 3 aromatic rings. The number of amides is 1. The van der Waals surface area contributed by atoms with Gasteiger partial charge in [-0.1, -0.05) is 18.2 Å². The Labute approximate surface area is 179 Å². The predicted molar refractivity (Wildman–Crippen MR) is 111 cm³/mol. The molecule has 6 nitrogen and oxygen atoms in total. The Hall–Kier alpha value is -3.32. The third kappa shape index (κ3) is 4.01. The first kappa shape index (κ1) is 19.6. The quantitative estimate of drug-likeness (QED) is 0.675. The number of fused-ring (bicyclic) bond motifs is 2. The van der Waals surface area contributed by atoms with E-state index in [9.17, 15) is 9.18 Å². The average molecular weight is 422 g/mol. The smallest absolute Gasteiger partial charge is 0.255 e. The molecule has 1 aromatic heterocycles. The minimum absolute atomic E-state index is 0.149. The van der Waals surface area contributed by atoms with Crippen LogP contribution in [0.4, 0.5) is 4.39 Å². The molecule has 0 saturated carbocycles. The van der Waals surface area contributed by atoms with Crippen LogP contribution in [0.1, 0.15) is 38.6 Å². The highest BCUT2D eigenvalue weighted by atomic mass is 19.1. The summed E-state index contributed by atoms with van der Waals surface area (Å²) < 4.78 is 29.8. The third-order valence-electron chi connectivity index (χ3n) is 5.74. The zero-order chi connectivity index (χ0) is 21.4. The molecular weight excluding hydrogens is 399 g/mol. The molecule has 0 atom stereocenters. The van der Waals surface area contributed by atoms with E-state index in [2.05, 4.69) is 10.2 Å². The summed E-state index contributed by atoms with van der Waals surface area (Å²) in [7, 11) is 0. The molecule has 0 aliphatic carbocycles. The molecule has 1 amide bonds. The van der Waals surface area contributed by atoms with E-state index in [1.165, 1.54) is 12.1 Å². The van der Waals surface area contributed by atoms with Gasteiger partial charge in [-0.05, 0) is 42.3 Å². The van der Waals surface area contributed by atoms with E-state index in [1.54, 1.807) is 12.1 Å². The Kier molecular flexibility index (Phi) is 5.11. The lowest BCUT2D eigenvalue weighted by Crippen LogP contribution is -2.31. The molecule has 5 rings (SSSR count). The number of ether oxygens (including phenoxy) is 2. The summed E-state index contributed by atoms with van der Waals surface area (Å²) in [5.74, 6) is 2.54. The standard InChI is InChI=1S/C24H23FN2O4/c1-15-23(24(28)26-11-17-4-7-21-22(10-17)30-14-29-21)19-13-27(9-8-20(19)31-15)12-16-2-5-18(25)6-3-16/h2-7,10H,8-9,11-14H2,1H3,(H,26,28). The fourth-order valence-electron chi connectivity index (χ4n) is 4.18. The number of hydrogen-bond acceptors (Lipinski definition) is 5. The van der Waals surface area contributed by atoms with Gasteiger partial charge in [0.15, 0.2) is 11.5 Å². The van der Waals surface area contributed by atoms with Crippen LogP contribution in [-0.4, -0.2) is 24.1 Å². The number of nitrogens with zero attached hydrogens (tertiary/aromatic N) is 1. The number of halogens is 1. The van der Waals surface area contributed by atoms with E-state index in [0.717, 1.165) is 41.2 Å². The van der Waals surface area contributed by atoms with Gasteiger partial charge < -0.3 is 19.2 Å².